The number of carbonyl (C=O) groups excluding carboxylic acids is 4. The van der Waals surface area contributed by atoms with E-state index in [0.29, 0.717) is 30.0 Å². The molecule has 0 spiro atoms. The van der Waals surface area contributed by atoms with Crippen molar-refractivity contribution in [3.05, 3.63) is 100 Å². The number of ether oxygens (including phenoxy) is 1. The first kappa shape index (κ1) is 25.6. The van der Waals surface area contributed by atoms with E-state index in [1.54, 1.807) is 36.4 Å². The Kier molecular flexibility index (Phi) is 7.64. The predicted octanol–water partition coefficient (Wildman–Crippen LogP) is 5.08. The fraction of sp³-hybridized carbons (Fsp3) is 0.111. The van der Waals surface area contributed by atoms with Gasteiger partial charge in [-0.05, 0) is 67.1 Å². The zero-order valence-corrected chi connectivity index (χ0v) is 20.3. The molecule has 0 atom stereocenters. The lowest BCUT2D eigenvalue weighted by Gasteiger charge is -2.15. The zero-order chi connectivity index (χ0) is 26.5. The summed E-state index contributed by atoms with van der Waals surface area (Å²) in [7, 11) is 0. The van der Waals surface area contributed by atoms with Crippen molar-refractivity contribution < 1.29 is 28.3 Å². The molecule has 3 amide bonds. The third-order valence-corrected chi connectivity index (χ3v) is 5.65. The van der Waals surface area contributed by atoms with Crippen LogP contribution in [0.15, 0.2) is 83.5 Å². The third-order valence-electron chi connectivity index (χ3n) is 5.30. The number of halogens is 2. The Bertz CT molecular complexity index is 1420. The molecule has 0 aliphatic carbocycles. The number of rotatable bonds is 8. The molecule has 8 nitrogen and oxygen atoms in total. The number of hydrogen-bond acceptors (Lipinski definition) is 6. The van der Waals surface area contributed by atoms with Gasteiger partial charge in [-0.2, -0.15) is 0 Å². The monoisotopic (exact) mass is 521 g/mol. The van der Waals surface area contributed by atoms with Gasteiger partial charge in [0.2, 0.25) is 0 Å². The topological polar surface area (TPSA) is 105 Å². The van der Waals surface area contributed by atoms with Gasteiger partial charge >= 0.3 is 5.97 Å². The molecular weight excluding hydrogens is 501 g/mol. The van der Waals surface area contributed by atoms with Crippen molar-refractivity contribution in [3.8, 4) is 0 Å². The fourth-order valence-electron chi connectivity index (χ4n) is 3.52. The summed E-state index contributed by atoms with van der Waals surface area (Å²) in [6, 6.07) is 17.4. The Hall–Kier alpha value is -4.50. The molecule has 1 heterocycles. The molecule has 1 aliphatic rings. The van der Waals surface area contributed by atoms with E-state index in [4.69, 9.17) is 16.3 Å². The molecule has 0 aromatic heterocycles. The number of anilines is 3. The van der Waals surface area contributed by atoms with Crippen LogP contribution in [0.3, 0.4) is 0 Å². The molecule has 1 aliphatic heterocycles. The lowest BCUT2D eigenvalue weighted by molar-refractivity contribution is -0.120. The average Bonchev–Trinajstić information content (AvgIpc) is 3.11. The van der Waals surface area contributed by atoms with Gasteiger partial charge in [-0.3, -0.25) is 14.4 Å². The zero-order valence-electron chi connectivity index (χ0n) is 19.6. The fourth-order valence-corrected chi connectivity index (χ4v) is 3.74. The average molecular weight is 522 g/mol. The molecule has 0 fully saturated rings. The maximum absolute atomic E-state index is 13.3. The van der Waals surface area contributed by atoms with Gasteiger partial charge in [0.25, 0.3) is 17.7 Å². The van der Waals surface area contributed by atoms with Gasteiger partial charge < -0.3 is 15.4 Å². The third kappa shape index (κ3) is 5.68. The molecule has 2 N–H and O–H groups in total. The Morgan fingerprint density at radius 3 is 2.27 bits per heavy atom. The van der Waals surface area contributed by atoms with Crippen LogP contribution in [0.4, 0.5) is 21.5 Å². The van der Waals surface area contributed by atoms with Crippen LogP contribution in [-0.4, -0.2) is 30.3 Å². The standard InChI is InChI=1S/C27H21ClFN3O5/c1-2-13-37-27(36)17-6-4-8-20(15-17)31-24(33)16-5-3-7-19(14-16)30-23-22(28)25(34)32(26(23)35)21-11-9-18(29)10-12-21/h3-12,14-15,30H,2,13H2,1H3,(H,31,33). The summed E-state index contributed by atoms with van der Waals surface area (Å²) in [6.07, 6.45) is 0.693. The van der Waals surface area contributed by atoms with Gasteiger partial charge in [-0.25, -0.2) is 14.1 Å². The van der Waals surface area contributed by atoms with E-state index in [-0.39, 0.29) is 22.0 Å². The van der Waals surface area contributed by atoms with Crippen LogP contribution in [0.2, 0.25) is 0 Å². The summed E-state index contributed by atoms with van der Waals surface area (Å²) in [6.45, 7) is 2.19. The van der Waals surface area contributed by atoms with Crippen LogP contribution in [0.1, 0.15) is 34.1 Å². The normalized spacial score (nSPS) is 13.1. The smallest absolute Gasteiger partial charge is 0.338 e. The molecule has 4 rings (SSSR count). The quantitative estimate of drug-likeness (QED) is 0.316. The van der Waals surface area contributed by atoms with Crippen molar-refractivity contribution in [3.63, 3.8) is 0 Å². The van der Waals surface area contributed by atoms with Crippen LogP contribution in [0, 0.1) is 5.82 Å². The van der Waals surface area contributed by atoms with Crippen molar-refractivity contribution in [2.75, 3.05) is 22.1 Å². The molecule has 0 unspecified atom stereocenters. The van der Waals surface area contributed by atoms with Crippen molar-refractivity contribution in [2.24, 2.45) is 0 Å². The van der Waals surface area contributed by atoms with Crippen molar-refractivity contribution in [1.82, 2.24) is 0 Å². The lowest BCUT2D eigenvalue weighted by atomic mass is 10.1. The number of nitrogens with zero attached hydrogens (tertiary/aromatic N) is 1. The van der Waals surface area contributed by atoms with E-state index in [2.05, 4.69) is 10.6 Å². The molecule has 188 valence electrons. The highest BCUT2D eigenvalue weighted by Gasteiger charge is 2.39. The van der Waals surface area contributed by atoms with Gasteiger partial charge in [0, 0.05) is 16.9 Å². The minimum atomic E-state index is -0.757. The second kappa shape index (κ2) is 11.0. The number of carbonyl (C=O) groups is 4. The Balaban J connectivity index is 1.48. The maximum Gasteiger partial charge on any atom is 0.338 e. The number of hydrogen-bond donors (Lipinski definition) is 2. The van der Waals surface area contributed by atoms with Crippen molar-refractivity contribution >= 4 is 52.4 Å². The molecule has 10 heteroatoms. The summed E-state index contributed by atoms with van der Waals surface area (Å²) in [5.41, 5.74) is 1.27. The van der Waals surface area contributed by atoms with E-state index >= 15 is 0 Å². The highest BCUT2D eigenvalue weighted by molar-refractivity contribution is 6.53. The van der Waals surface area contributed by atoms with Gasteiger partial charge in [0.05, 0.1) is 17.9 Å². The molecule has 0 saturated heterocycles. The Morgan fingerprint density at radius 2 is 1.57 bits per heavy atom. The molecule has 3 aromatic rings. The van der Waals surface area contributed by atoms with E-state index in [1.165, 1.54) is 24.3 Å². The van der Waals surface area contributed by atoms with Gasteiger partial charge in [-0.1, -0.05) is 30.7 Å². The molecule has 0 radical (unpaired) electrons. The number of nitrogens with one attached hydrogen (secondary N) is 2. The van der Waals surface area contributed by atoms with Crippen molar-refractivity contribution in [2.45, 2.75) is 13.3 Å². The Labute approximate surface area is 216 Å². The summed E-state index contributed by atoms with van der Waals surface area (Å²) >= 11 is 6.15. The molecule has 0 saturated carbocycles. The summed E-state index contributed by atoms with van der Waals surface area (Å²) in [5, 5.41) is 5.18. The largest absolute Gasteiger partial charge is 0.462 e. The van der Waals surface area contributed by atoms with E-state index in [1.807, 2.05) is 6.92 Å². The first-order valence-electron chi connectivity index (χ1n) is 11.3. The second-order valence-electron chi connectivity index (χ2n) is 7.99. The summed E-state index contributed by atoms with van der Waals surface area (Å²) in [5.74, 6) is -2.95. The van der Waals surface area contributed by atoms with Crippen LogP contribution in [-0.2, 0) is 14.3 Å². The van der Waals surface area contributed by atoms with Gasteiger partial charge in [-0.15, -0.1) is 0 Å². The van der Waals surface area contributed by atoms with Crippen LogP contribution >= 0.6 is 11.6 Å². The summed E-state index contributed by atoms with van der Waals surface area (Å²) in [4.78, 5) is 51.3. The molecular formula is C27H21ClFN3O5. The minimum absolute atomic E-state index is 0.167. The van der Waals surface area contributed by atoms with E-state index in [9.17, 15) is 23.6 Å². The number of benzene rings is 3. The predicted molar refractivity (Wildman–Crippen MR) is 137 cm³/mol. The lowest BCUT2D eigenvalue weighted by Crippen LogP contribution is -2.32. The second-order valence-corrected chi connectivity index (χ2v) is 8.37. The van der Waals surface area contributed by atoms with Gasteiger partial charge in [0.1, 0.15) is 16.5 Å². The van der Waals surface area contributed by atoms with Crippen LogP contribution in [0.25, 0.3) is 0 Å². The van der Waals surface area contributed by atoms with Crippen LogP contribution in [0.5, 0.6) is 0 Å². The molecule has 0 bridgehead atoms. The SMILES string of the molecule is CCCOC(=O)c1cccc(NC(=O)c2cccc(NC3=C(Cl)C(=O)N(c4ccc(F)cc4)C3=O)c2)c1. The van der Waals surface area contributed by atoms with Crippen LogP contribution < -0.4 is 15.5 Å². The molecule has 3 aromatic carbocycles. The first-order valence-corrected chi connectivity index (χ1v) is 11.7. The highest BCUT2D eigenvalue weighted by atomic mass is 35.5. The number of esters is 1. The van der Waals surface area contributed by atoms with Gasteiger partial charge in [0.15, 0.2) is 0 Å². The Morgan fingerprint density at radius 1 is 0.919 bits per heavy atom. The number of amides is 3. The first-order chi connectivity index (χ1) is 17.8. The highest BCUT2D eigenvalue weighted by Crippen LogP contribution is 2.30. The van der Waals surface area contributed by atoms with Crippen molar-refractivity contribution in [1.29, 1.82) is 0 Å². The van der Waals surface area contributed by atoms with E-state index < -0.39 is 29.5 Å². The number of imide groups is 1. The minimum Gasteiger partial charge on any atom is -0.462 e. The summed E-state index contributed by atoms with van der Waals surface area (Å²) < 4.78 is 18.4. The van der Waals surface area contributed by atoms with E-state index in [0.717, 1.165) is 17.0 Å². The maximum atomic E-state index is 13.3. The molecule has 37 heavy (non-hydrogen) atoms.